The van der Waals surface area contributed by atoms with Crippen molar-refractivity contribution in [3.8, 4) is 0 Å². The molecular formula is C15H15N3O3. The van der Waals surface area contributed by atoms with Gasteiger partial charge in [0.15, 0.2) is 0 Å². The number of amides is 2. The van der Waals surface area contributed by atoms with E-state index in [0.29, 0.717) is 29.3 Å². The minimum atomic E-state index is -0.640. The van der Waals surface area contributed by atoms with E-state index < -0.39 is 11.9 Å². The maximum atomic E-state index is 12.7. The average molecular weight is 285 g/mol. The summed E-state index contributed by atoms with van der Waals surface area (Å²) < 4.78 is 1.44. The molecule has 2 fully saturated rings. The van der Waals surface area contributed by atoms with Gasteiger partial charge in [-0.2, -0.15) is 0 Å². The first-order chi connectivity index (χ1) is 10.0. The van der Waals surface area contributed by atoms with Crippen LogP contribution in [0.4, 0.5) is 0 Å². The van der Waals surface area contributed by atoms with Crippen molar-refractivity contribution in [2.24, 2.45) is 11.8 Å². The van der Waals surface area contributed by atoms with Crippen LogP contribution >= 0.6 is 0 Å². The van der Waals surface area contributed by atoms with Gasteiger partial charge >= 0.3 is 0 Å². The van der Waals surface area contributed by atoms with Gasteiger partial charge in [-0.15, -0.1) is 0 Å². The van der Waals surface area contributed by atoms with Crippen LogP contribution in [-0.2, 0) is 9.59 Å². The number of hydrogen-bond acceptors (Lipinski definition) is 4. The largest absolute Gasteiger partial charge is 0.295 e. The molecule has 2 heterocycles. The smallest absolute Gasteiger partial charge is 0.261 e. The van der Waals surface area contributed by atoms with Gasteiger partial charge < -0.3 is 0 Å². The van der Waals surface area contributed by atoms with E-state index in [2.05, 4.69) is 16.4 Å². The summed E-state index contributed by atoms with van der Waals surface area (Å²) in [5, 5.41) is 3.63. The number of carbonyl (C=O) groups is 2. The zero-order valence-electron chi connectivity index (χ0n) is 11.6. The first kappa shape index (κ1) is 12.5. The molecule has 1 aromatic heterocycles. The zero-order valence-corrected chi connectivity index (χ0v) is 11.6. The molecule has 3 atom stereocenters. The van der Waals surface area contributed by atoms with Crippen molar-refractivity contribution in [2.45, 2.75) is 32.2 Å². The molecule has 0 spiro atoms. The van der Waals surface area contributed by atoms with Crippen molar-refractivity contribution >= 4 is 24.0 Å². The van der Waals surface area contributed by atoms with Crippen LogP contribution in [0.5, 0.6) is 0 Å². The Kier molecular flexibility index (Phi) is 2.46. The maximum Gasteiger partial charge on any atom is 0.261 e. The molecule has 1 saturated carbocycles. The highest BCUT2D eigenvalue weighted by molar-refractivity contribution is 5.99. The minimum Gasteiger partial charge on any atom is -0.295 e. The summed E-state index contributed by atoms with van der Waals surface area (Å²) in [6.07, 6.45) is 5.72. The fourth-order valence-corrected chi connectivity index (χ4v) is 3.29. The molecule has 1 saturated heterocycles. The van der Waals surface area contributed by atoms with Crippen LogP contribution in [0.2, 0.25) is 0 Å². The molecule has 0 radical (unpaired) electrons. The molecule has 108 valence electrons. The van der Waals surface area contributed by atoms with Crippen LogP contribution in [0.1, 0.15) is 31.1 Å². The van der Waals surface area contributed by atoms with Crippen molar-refractivity contribution in [3.05, 3.63) is 26.7 Å². The van der Waals surface area contributed by atoms with Crippen molar-refractivity contribution in [1.82, 2.24) is 14.9 Å². The third-order valence-corrected chi connectivity index (χ3v) is 4.52. The second kappa shape index (κ2) is 4.13. The van der Waals surface area contributed by atoms with Crippen LogP contribution in [0.15, 0.2) is 4.79 Å². The van der Waals surface area contributed by atoms with E-state index in [1.165, 1.54) is 4.57 Å². The number of aryl methyl sites for hydroxylation is 1. The van der Waals surface area contributed by atoms with Gasteiger partial charge in [0, 0.05) is 6.42 Å². The van der Waals surface area contributed by atoms with Crippen molar-refractivity contribution < 1.29 is 9.59 Å². The molecule has 4 rings (SSSR count). The summed E-state index contributed by atoms with van der Waals surface area (Å²) in [7, 11) is 0. The number of hydrogen-bond donors (Lipinski definition) is 1. The predicted octanol–water partition coefficient (Wildman–Crippen LogP) is -1.26. The number of aromatic nitrogens is 2. The monoisotopic (exact) mass is 285 g/mol. The van der Waals surface area contributed by atoms with Gasteiger partial charge in [-0.3, -0.25) is 24.3 Å². The Morgan fingerprint density at radius 2 is 2.00 bits per heavy atom. The van der Waals surface area contributed by atoms with Crippen LogP contribution < -0.4 is 21.4 Å². The van der Waals surface area contributed by atoms with E-state index in [1.54, 1.807) is 6.92 Å². The maximum absolute atomic E-state index is 12.7. The number of nitrogens with zero attached hydrogens (tertiary/aromatic N) is 2. The van der Waals surface area contributed by atoms with Crippen molar-refractivity contribution in [2.75, 3.05) is 0 Å². The molecule has 1 N–H and O–H groups in total. The summed E-state index contributed by atoms with van der Waals surface area (Å²) >= 11 is 0. The predicted molar refractivity (Wildman–Crippen MR) is 74.4 cm³/mol. The average Bonchev–Trinajstić information content (AvgIpc) is 3.17. The minimum absolute atomic E-state index is 0.173. The fraction of sp³-hybridized carbons (Fsp3) is 0.467. The lowest BCUT2D eigenvalue weighted by Gasteiger charge is -2.24. The highest BCUT2D eigenvalue weighted by atomic mass is 16.2. The first-order valence-electron chi connectivity index (χ1n) is 7.21. The third kappa shape index (κ3) is 1.86. The number of imide groups is 1. The number of rotatable bonds is 1. The van der Waals surface area contributed by atoms with E-state index in [1.807, 2.05) is 6.08 Å². The normalized spacial score (nSPS) is 29.7. The molecule has 0 aromatic carbocycles. The topological polar surface area (TPSA) is 81.1 Å². The van der Waals surface area contributed by atoms with Gasteiger partial charge in [0.25, 0.3) is 5.56 Å². The summed E-state index contributed by atoms with van der Waals surface area (Å²) in [5.74, 6) is 0.799. The summed E-state index contributed by atoms with van der Waals surface area (Å²) in [4.78, 5) is 40.5. The fourth-order valence-electron chi connectivity index (χ4n) is 3.29. The number of piperidine rings is 1. The van der Waals surface area contributed by atoms with E-state index >= 15 is 0 Å². The number of fused-ring (bicyclic) bond motifs is 2. The van der Waals surface area contributed by atoms with Crippen molar-refractivity contribution in [3.63, 3.8) is 0 Å². The Labute approximate surface area is 120 Å². The molecule has 3 aliphatic rings. The summed E-state index contributed by atoms with van der Waals surface area (Å²) in [6, 6.07) is -0.640. The Bertz CT molecular complexity index is 852. The summed E-state index contributed by atoms with van der Waals surface area (Å²) in [6.45, 7) is 1.73. The van der Waals surface area contributed by atoms with E-state index in [4.69, 9.17) is 0 Å². The molecule has 1 aliphatic heterocycles. The van der Waals surface area contributed by atoms with Crippen molar-refractivity contribution in [1.29, 1.82) is 0 Å². The third-order valence-electron chi connectivity index (χ3n) is 4.52. The van der Waals surface area contributed by atoms with Gasteiger partial charge in [-0.05, 0) is 31.6 Å². The molecule has 21 heavy (non-hydrogen) atoms. The molecular weight excluding hydrogens is 270 g/mol. The lowest BCUT2D eigenvalue weighted by Crippen LogP contribution is -2.53. The summed E-state index contributed by atoms with van der Waals surface area (Å²) in [5.41, 5.74) is -0.173. The number of carbonyl (C=O) groups excluding carboxylic acids is 2. The molecule has 3 unspecified atom stereocenters. The quantitative estimate of drug-likeness (QED) is 0.653. The molecule has 0 bridgehead atoms. The Balaban J connectivity index is 1.90. The molecule has 6 nitrogen and oxygen atoms in total. The second-order valence-corrected chi connectivity index (χ2v) is 6.00. The molecule has 1 aromatic rings. The van der Waals surface area contributed by atoms with Crippen LogP contribution in [-0.4, -0.2) is 21.4 Å². The van der Waals surface area contributed by atoms with Crippen LogP contribution in [0.25, 0.3) is 12.2 Å². The second-order valence-electron chi connectivity index (χ2n) is 6.00. The van der Waals surface area contributed by atoms with E-state index in [-0.39, 0.29) is 17.9 Å². The van der Waals surface area contributed by atoms with Gasteiger partial charge in [0.2, 0.25) is 11.8 Å². The first-order valence-corrected chi connectivity index (χ1v) is 7.21. The van der Waals surface area contributed by atoms with Gasteiger partial charge in [0.05, 0.1) is 10.6 Å². The Hall–Kier alpha value is -2.24. The van der Waals surface area contributed by atoms with Gasteiger partial charge in [-0.1, -0.05) is 12.2 Å². The highest BCUT2D eigenvalue weighted by Crippen LogP contribution is 2.41. The SMILES string of the molecule is Cc1nc2c(c(=O)n1C1CCC(=O)NC1=O)=CC1CC1C=2. The van der Waals surface area contributed by atoms with E-state index in [0.717, 1.165) is 11.8 Å². The zero-order chi connectivity index (χ0) is 14.7. The standard InChI is InChI=1S/C15H15N3O3/c1-7-16-11-6-9-4-8(9)5-10(11)15(21)18(7)12-2-3-13(19)17-14(12)20/h5-6,8-9,12H,2-4H2,1H3,(H,17,19,20). The molecule has 6 heteroatoms. The molecule has 2 aliphatic carbocycles. The Morgan fingerprint density at radius 1 is 1.24 bits per heavy atom. The number of nitrogens with one attached hydrogen (secondary N) is 1. The van der Waals surface area contributed by atoms with Crippen LogP contribution in [0.3, 0.4) is 0 Å². The highest BCUT2D eigenvalue weighted by Gasteiger charge is 2.36. The van der Waals surface area contributed by atoms with Gasteiger partial charge in [-0.25, -0.2) is 4.98 Å². The lowest BCUT2D eigenvalue weighted by atomic mass is 10.1. The Morgan fingerprint density at radius 3 is 2.76 bits per heavy atom. The van der Waals surface area contributed by atoms with E-state index in [9.17, 15) is 14.4 Å². The van der Waals surface area contributed by atoms with Crippen LogP contribution in [0, 0.1) is 18.8 Å². The lowest BCUT2D eigenvalue weighted by molar-refractivity contribution is -0.135. The molecule has 2 amide bonds. The van der Waals surface area contributed by atoms with Gasteiger partial charge in [0.1, 0.15) is 11.9 Å².